The van der Waals surface area contributed by atoms with Crippen molar-refractivity contribution >= 4 is 11.7 Å². The first-order valence-corrected chi connectivity index (χ1v) is 3.97. The summed E-state index contributed by atoms with van der Waals surface area (Å²) >= 11 is 0. The lowest BCUT2D eigenvalue weighted by atomic mass is 10.1. The number of ether oxygens (including phenoxy) is 1. The number of hydrogen-bond acceptors (Lipinski definition) is 4. The van der Waals surface area contributed by atoms with Crippen molar-refractivity contribution in [3.05, 3.63) is 23.3 Å². The molecule has 0 bridgehead atoms. The molecule has 0 spiro atoms. The van der Waals surface area contributed by atoms with Crippen LogP contribution >= 0.6 is 0 Å². The van der Waals surface area contributed by atoms with Crippen molar-refractivity contribution in [3.63, 3.8) is 0 Å². The molecule has 0 amide bonds. The Hall–Kier alpha value is -2.36. The summed E-state index contributed by atoms with van der Waals surface area (Å²) in [5, 5.41) is 17.4. The van der Waals surface area contributed by atoms with E-state index in [0.29, 0.717) is 0 Å². The first-order valence-electron chi connectivity index (χ1n) is 3.97. The fraction of sp³-hybridized carbons (Fsp3) is 0.111. The number of nitrogen functional groups attached to an aromatic ring is 1. The number of carbonyl (C=O) groups is 1. The fourth-order valence-electron chi connectivity index (χ4n) is 1.13. The first-order chi connectivity index (χ1) is 7.45. The molecule has 84 valence electrons. The Labute approximate surface area is 88.7 Å². The summed E-state index contributed by atoms with van der Waals surface area (Å²) in [6, 6.07) is 3.54. The molecule has 3 N–H and O–H groups in total. The van der Waals surface area contributed by atoms with Crippen LogP contribution in [-0.4, -0.2) is 17.7 Å². The summed E-state index contributed by atoms with van der Waals surface area (Å²) in [7, 11) is 0. The minimum Gasteiger partial charge on any atom is -0.478 e. The Morgan fingerprint density at radius 1 is 1.56 bits per heavy atom. The van der Waals surface area contributed by atoms with Gasteiger partial charge in [-0.3, -0.25) is 0 Å². The molecule has 0 saturated heterocycles. The average molecular weight is 228 g/mol. The van der Waals surface area contributed by atoms with Gasteiger partial charge in [0.25, 0.3) is 0 Å². The van der Waals surface area contributed by atoms with Gasteiger partial charge in [0, 0.05) is 11.8 Å². The molecule has 0 heterocycles. The van der Waals surface area contributed by atoms with Crippen LogP contribution in [-0.2, 0) is 0 Å². The zero-order chi connectivity index (χ0) is 12.3. The second-order valence-electron chi connectivity index (χ2n) is 2.74. The van der Waals surface area contributed by atoms with E-state index in [2.05, 4.69) is 4.74 Å². The van der Waals surface area contributed by atoms with Gasteiger partial charge in [0.2, 0.25) is 0 Å². The van der Waals surface area contributed by atoms with Crippen molar-refractivity contribution in [2.45, 2.75) is 6.61 Å². The molecular formula is C9H6F2N2O3. The minimum absolute atomic E-state index is 0.0304. The van der Waals surface area contributed by atoms with Gasteiger partial charge in [-0.15, -0.1) is 0 Å². The number of hydrogen-bond donors (Lipinski definition) is 2. The molecule has 1 aromatic rings. The van der Waals surface area contributed by atoms with Gasteiger partial charge >= 0.3 is 12.6 Å². The van der Waals surface area contributed by atoms with E-state index in [9.17, 15) is 13.6 Å². The van der Waals surface area contributed by atoms with E-state index >= 15 is 0 Å². The van der Waals surface area contributed by atoms with Gasteiger partial charge < -0.3 is 15.6 Å². The number of rotatable bonds is 3. The largest absolute Gasteiger partial charge is 0.478 e. The third kappa shape index (κ3) is 2.36. The number of nitriles is 1. The summed E-state index contributed by atoms with van der Waals surface area (Å²) < 4.78 is 28.0. The second-order valence-corrected chi connectivity index (χ2v) is 2.74. The predicted molar refractivity (Wildman–Crippen MR) is 49.2 cm³/mol. The molecule has 16 heavy (non-hydrogen) atoms. The van der Waals surface area contributed by atoms with Gasteiger partial charge in [-0.25, -0.2) is 4.79 Å². The Kier molecular flexibility index (Phi) is 3.25. The molecule has 0 atom stereocenters. The number of halogens is 2. The van der Waals surface area contributed by atoms with Crippen molar-refractivity contribution in [1.29, 1.82) is 5.26 Å². The van der Waals surface area contributed by atoms with Crippen LogP contribution in [0.25, 0.3) is 0 Å². The molecule has 0 aliphatic carbocycles. The molecule has 0 radical (unpaired) electrons. The fourth-order valence-corrected chi connectivity index (χ4v) is 1.13. The maximum Gasteiger partial charge on any atom is 0.387 e. The van der Waals surface area contributed by atoms with Crippen LogP contribution in [0, 0.1) is 11.3 Å². The highest BCUT2D eigenvalue weighted by Gasteiger charge is 2.20. The van der Waals surface area contributed by atoms with Crippen LogP contribution in [0.1, 0.15) is 15.9 Å². The Balaban J connectivity index is 3.39. The van der Waals surface area contributed by atoms with Crippen molar-refractivity contribution in [3.8, 4) is 11.8 Å². The number of carboxylic acids is 1. The molecule has 0 aliphatic rings. The molecule has 7 heteroatoms. The quantitative estimate of drug-likeness (QED) is 0.763. The Morgan fingerprint density at radius 2 is 2.19 bits per heavy atom. The van der Waals surface area contributed by atoms with Crippen molar-refractivity contribution in [1.82, 2.24) is 0 Å². The summed E-state index contributed by atoms with van der Waals surface area (Å²) in [4.78, 5) is 10.8. The standard InChI is InChI=1S/C9H6F2N2O3/c10-9(11)16-6-2-5(13)1-4(3-12)7(6)8(14)15/h1-2,9H,13H2,(H,14,15). The monoisotopic (exact) mass is 228 g/mol. The van der Waals surface area contributed by atoms with Crippen molar-refractivity contribution in [2.24, 2.45) is 0 Å². The SMILES string of the molecule is N#Cc1cc(N)cc(OC(F)F)c1C(=O)O. The van der Waals surface area contributed by atoms with Gasteiger partial charge in [-0.2, -0.15) is 14.0 Å². The number of nitrogens with two attached hydrogens (primary N) is 1. The van der Waals surface area contributed by atoms with Gasteiger partial charge in [-0.1, -0.05) is 0 Å². The van der Waals surface area contributed by atoms with E-state index in [1.807, 2.05) is 0 Å². The van der Waals surface area contributed by atoms with Crippen LogP contribution in [0.3, 0.4) is 0 Å². The third-order valence-corrected chi connectivity index (χ3v) is 1.67. The van der Waals surface area contributed by atoms with E-state index in [0.717, 1.165) is 12.1 Å². The molecule has 0 aliphatic heterocycles. The van der Waals surface area contributed by atoms with E-state index in [4.69, 9.17) is 16.1 Å². The van der Waals surface area contributed by atoms with Gasteiger partial charge in [-0.05, 0) is 6.07 Å². The zero-order valence-corrected chi connectivity index (χ0v) is 7.78. The lowest BCUT2D eigenvalue weighted by Crippen LogP contribution is -2.10. The van der Waals surface area contributed by atoms with E-state index in [-0.39, 0.29) is 11.3 Å². The smallest absolute Gasteiger partial charge is 0.387 e. The molecule has 1 aromatic carbocycles. The second kappa shape index (κ2) is 4.44. The number of carboxylic acid groups (broad SMARTS) is 1. The zero-order valence-electron chi connectivity index (χ0n) is 7.78. The molecule has 0 aromatic heterocycles. The number of anilines is 1. The minimum atomic E-state index is -3.19. The van der Waals surface area contributed by atoms with E-state index in [1.165, 1.54) is 0 Å². The maximum absolute atomic E-state index is 12.0. The van der Waals surface area contributed by atoms with Crippen LogP contribution in [0.15, 0.2) is 12.1 Å². The summed E-state index contributed by atoms with van der Waals surface area (Å²) in [6.07, 6.45) is 0. The van der Waals surface area contributed by atoms with Crippen molar-refractivity contribution < 1.29 is 23.4 Å². The first kappa shape index (κ1) is 11.7. The molecule has 0 unspecified atom stereocenters. The van der Waals surface area contributed by atoms with E-state index in [1.54, 1.807) is 6.07 Å². The molecule has 5 nitrogen and oxygen atoms in total. The number of alkyl halides is 2. The number of aromatic carboxylic acids is 1. The van der Waals surface area contributed by atoms with Crippen LogP contribution in [0.4, 0.5) is 14.5 Å². The Bertz CT molecular complexity index is 469. The van der Waals surface area contributed by atoms with E-state index < -0.39 is 23.9 Å². The highest BCUT2D eigenvalue weighted by Crippen LogP contribution is 2.27. The highest BCUT2D eigenvalue weighted by atomic mass is 19.3. The van der Waals surface area contributed by atoms with Gasteiger partial charge in [0.15, 0.2) is 0 Å². The average Bonchev–Trinajstić information content (AvgIpc) is 2.14. The normalized spacial score (nSPS) is 9.88. The number of benzene rings is 1. The molecule has 0 saturated carbocycles. The Morgan fingerprint density at radius 3 is 2.62 bits per heavy atom. The lowest BCUT2D eigenvalue weighted by molar-refractivity contribution is -0.0502. The van der Waals surface area contributed by atoms with Crippen LogP contribution < -0.4 is 10.5 Å². The van der Waals surface area contributed by atoms with Crippen LogP contribution in [0.2, 0.25) is 0 Å². The van der Waals surface area contributed by atoms with Crippen LogP contribution in [0.5, 0.6) is 5.75 Å². The maximum atomic E-state index is 12.0. The summed E-state index contributed by atoms with van der Waals surface area (Å²) in [5.74, 6) is -2.16. The number of nitrogens with zero attached hydrogens (tertiary/aromatic N) is 1. The predicted octanol–water partition coefficient (Wildman–Crippen LogP) is 1.44. The van der Waals surface area contributed by atoms with Crippen molar-refractivity contribution in [2.75, 3.05) is 5.73 Å². The van der Waals surface area contributed by atoms with Gasteiger partial charge in [0.1, 0.15) is 17.4 Å². The summed E-state index contributed by atoms with van der Waals surface area (Å²) in [5.41, 5.74) is 4.32. The summed E-state index contributed by atoms with van der Waals surface area (Å²) in [6.45, 7) is -3.19. The third-order valence-electron chi connectivity index (χ3n) is 1.67. The molecule has 0 fully saturated rings. The lowest BCUT2D eigenvalue weighted by Gasteiger charge is -2.09. The molecule has 1 rings (SSSR count). The topological polar surface area (TPSA) is 96.3 Å². The highest BCUT2D eigenvalue weighted by molar-refractivity contribution is 5.94. The molecular weight excluding hydrogens is 222 g/mol. The van der Waals surface area contributed by atoms with Gasteiger partial charge in [0.05, 0.1) is 5.56 Å².